The SMILES string of the molecule is O=C(c1cccc(F)c1Br)N(CCO)C1CCCCC1. The summed E-state index contributed by atoms with van der Waals surface area (Å²) >= 11 is 3.14. The van der Waals surface area contributed by atoms with Crippen molar-refractivity contribution < 1.29 is 14.3 Å². The maximum absolute atomic E-state index is 13.6. The summed E-state index contributed by atoms with van der Waals surface area (Å²) < 4.78 is 13.8. The van der Waals surface area contributed by atoms with Crippen LogP contribution in [0.3, 0.4) is 0 Å². The maximum Gasteiger partial charge on any atom is 0.255 e. The first-order chi connectivity index (χ1) is 9.65. The predicted octanol–water partition coefficient (Wildman–Crippen LogP) is 3.36. The zero-order valence-electron chi connectivity index (χ0n) is 11.3. The predicted molar refractivity (Wildman–Crippen MR) is 79.1 cm³/mol. The first kappa shape index (κ1) is 15.4. The second-order valence-corrected chi connectivity index (χ2v) is 5.91. The van der Waals surface area contributed by atoms with Crippen LogP contribution >= 0.6 is 15.9 Å². The molecular formula is C15H19BrFNO2. The fraction of sp³-hybridized carbons (Fsp3) is 0.533. The van der Waals surface area contributed by atoms with Crippen LogP contribution in [0.25, 0.3) is 0 Å². The number of hydrogen-bond donors (Lipinski definition) is 1. The molecule has 110 valence electrons. The van der Waals surface area contributed by atoms with Gasteiger partial charge in [0.2, 0.25) is 0 Å². The summed E-state index contributed by atoms with van der Waals surface area (Å²) in [5.41, 5.74) is 0.323. The number of halogens is 2. The number of rotatable bonds is 4. The number of hydrogen-bond acceptors (Lipinski definition) is 2. The van der Waals surface area contributed by atoms with Gasteiger partial charge in [-0.15, -0.1) is 0 Å². The Labute approximate surface area is 126 Å². The van der Waals surface area contributed by atoms with Crippen molar-refractivity contribution in [3.05, 3.63) is 34.1 Å². The minimum atomic E-state index is -0.441. The summed E-state index contributed by atoms with van der Waals surface area (Å²) in [4.78, 5) is 14.3. The number of aliphatic hydroxyl groups excluding tert-OH is 1. The van der Waals surface area contributed by atoms with E-state index in [2.05, 4.69) is 15.9 Å². The lowest BCUT2D eigenvalue weighted by atomic mass is 9.93. The smallest absolute Gasteiger partial charge is 0.255 e. The van der Waals surface area contributed by atoms with E-state index in [0.717, 1.165) is 25.7 Å². The van der Waals surface area contributed by atoms with Crippen LogP contribution in [0, 0.1) is 5.82 Å². The lowest BCUT2D eigenvalue weighted by Crippen LogP contribution is -2.43. The van der Waals surface area contributed by atoms with E-state index in [9.17, 15) is 14.3 Å². The van der Waals surface area contributed by atoms with Gasteiger partial charge in [-0.2, -0.15) is 0 Å². The summed E-state index contributed by atoms with van der Waals surface area (Å²) in [6.45, 7) is 0.224. The molecule has 1 aliphatic carbocycles. The molecule has 1 aliphatic rings. The fourth-order valence-electron chi connectivity index (χ4n) is 2.77. The zero-order valence-corrected chi connectivity index (χ0v) is 12.9. The monoisotopic (exact) mass is 343 g/mol. The summed E-state index contributed by atoms with van der Waals surface area (Å²) in [6, 6.07) is 4.62. The van der Waals surface area contributed by atoms with Crippen molar-refractivity contribution in [2.75, 3.05) is 13.2 Å². The first-order valence-electron chi connectivity index (χ1n) is 7.01. The van der Waals surface area contributed by atoms with Gasteiger partial charge in [0.25, 0.3) is 5.91 Å². The average molecular weight is 344 g/mol. The Bertz CT molecular complexity index is 475. The van der Waals surface area contributed by atoms with E-state index in [1.807, 2.05) is 0 Å². The van der Waals surface area contributed by atoms with Crippen LogP contribution in [0.5, 0.6) is 0 Å². The Morgan fingerprint density at radius 3 is 2.70 bits per heavy atom. The summed E-state index contributed by atoms with van der Waals surface area (Å²) in [6.07, 6.45) is 5.31. The highest BCUT2D eigenvalue weighted by molar-refractivity contribution is 9.10. The Kier molecular flexibility index (Phi) is 5.54. The lowest BCUT2D eigenvalue weighted by Gasteiger charge is -2.34. The number of carbonyl (C=O) groups excluding carboxylic acids is 1. The van der Waals surface area contributed by atoms with Crippen molar-refractivity contribution in [2.45, 2.75) is 38.1 Å². The second kappa shape index (κ2) is 7.18. The van der Waals surface area contributed by atoms with Gasteiger partial charge in [-0.05, 0) is 40.9 Å². The molecule has 0 bridgehead atoms. The molecule has 0 spiro atoms. The van der Waals surface area contributed by atoms with E-state index in [-0.39, 0.29) is 23.0 Å². The average Bonchev–Trinajstić information content (AvgIpc) is 2.48. The molecular weight excluding hydrogens is 325 g/mol. The molecule has 0 aliphatic heterocycles. The Morgan fingerprint density at radius 1 is 1.35 bits per heavy atom. The van der Waals surface area contributed by atoms with Crippen LogP contribution in [0.4, 0.5) is 4.39 Å². The van der Waals surface area contributed by atoms with Gasteiger partial charge < -0.3 is 10.0 Å². The van der Waals surface area contributed by atoms with Crippen molar-refractivity contribution >= 4 is 21.8 Å². The molecule has 20 heavy (non-hydrogen) atoms. The molecule has 1 aromatic carbocycles. The highest BCUT2D eigenvalue weighted by Gasteiger charge is 2.27. The first-order valence-corrected chi connectivity index (χ1v) is 7.80. The van der Waals surface area contributed by atoms with Gasteiger partial charge in [-0.1, -0.05) is 25.3 Å². The standard InChI is InChI=1S/C15H19BrFNO2/c16-14-12(7-4-8-13(14)17)15(20)18(9-10-19)11-5-2-1-3-6-11/h4,7-8,11,19H,1-3,5-6,9-10H2. The van der Waals surface area contributed by atoms with Gasteiger partial charge in [-0.25, -0.2) is 4.39 Å². The minimum Gasteiger partial charge on any atom is -0.395 e. The van der Waals surface area contributed by atoms with Gasteiger partial charge in [-0.3, -0.25) is 4.79 Å². The molecule has 0 heterocycles. The van der Waals surface area contributed by atoms with E-state index < -0.39 is 5.82 Å². The molecule has 1 saturated carbocycles. The summed E-state index contributed by atoms with van der Waals surface area (Å²) in [7, 11) is 0. The highest BCUT2D eigenvalue weighted by atomic mass is 79.9. The lowest BCUT2D eigenvalue weighted by molar-refractivity contribution is 0.0584. The van der Waals surface area contributed by atoms with E-state index in [4.69, 9.17) is 0 Å². The molecule has 1 N–H and O–H groups in total. The van der Waals surface area contributed by atoms with E-state index >= 15 is 0 Å². The number of carbonyl (C=O) groups is 1. The molecule has 0 atom stereocenters. The van der Waals surface area contributed by atoms with Crippen LogP contribution < -0.4 is 0 Å². The van der Waals surface area contributed by atoms with Gasteiger partial charge in [0.1, 0.15) is 5.82 Å². The van der Waals surface area contributed by atoms with Crippen LogP contribution in [0.1, 0.15) is 42.5 Å². The van der Waals surface area contributed by atoms with E-state index in [1.54, 1.807) is 11.0 Å². The Hall–Kier alpha value is -0.940. The van der Waals surface area contributed by atoms with Crippen LogP contribution in [0.15, 0.2) is 22.7 Å². The zero-order chi connectivity index (χ0) is 14.5. The third-order valence-electron chi connectivity index (χ3n) is 3.80. The van der Waals surface area contributed by atoms with Gasteiger partial charge in [0.05, 0.1) is 16.6 Å². The molecule has 2 rings (SSSR count). The van der Waals surface area contributed by atoms with Crippen molar-refractivity contribution in [3.63, 3.8) is 0 Å². The summed E-state index contributed by atoms with van der Waals surface area (Å²) in [5, 5.41) is 9.21. The second-order valence-electron chi connectivity index (χ2n) is 5.12. The largest absolute Gasteiger partial charge is 0.395 e. The minimum absolute atomic E-state index is 0.0742. The number of amides is 1. The Balaban J connectivity index is 2.23. The van der Waals surface area contributed by atoms with Gasteiger partial charge >= 0.3 is 0 Å². The highest BCUT2D eigenvalue weighted by Crippen LogP contribution is 2.27. The molecule has 3 nitrogen and oxygen atoms in total. The van der Waals surface area contributed by atoms with Crippen molar-refractivity contribution in [3.8, 4) is 0 Å². The maximum atomic E-state index is 13.6. The van der Waals surface area contributed by atoms with Crippen molar-refractivity contribution in [2.24, 2.45) is 0 Å². The molecule has 1 fully saturated rings. The molecule has 0 aromatic heterocycles. The van der Waals surface area contributed by atoms with Crippen molar-refractivity contribution in [1.29, 1.82) is 0 Å². The molecule has 0 saturated heterocycles. The molecule has 0 unspecified atom stereocenters. The normalized spacial score (nSPS) is 16.1. The third-order valence-corrected chi connectivity index (χ3v) is 4.61. The number of aliphatic hydroxyl groups is 1. The summed E-state index contributed by atoms with van der Waals surface area (Å²) in [5.74, 6) is -0.652. The third kappa shape index (κ3) is 3.38. The van der Waals surface area contributed by atoms with Gasteiger partial charge in [0, 0.05) is 12.6 Å². The molecule has 0 radical (unpaired) electrons. The van der Waals surface area contributed by atoms with E-state index in [1.165, 1.54) is 18.6 Å². The fourth-order valence-corrected chi connectivity index (χ4v) is 3.21. The van der Waals surface area contributed by atoms with Crippen LogP contribution in [-0.4, -0.2) is 35.1 Å². The molecule has 1 amide bonds. The Morgan fingerprint density at radius 2 is 2.05 bits per heavy atom. The number of benzene rings is 1. The molecule has 1 aromatic rings. The van der Waals surface area contributed by atoms with Gasteiger partial charge in [0.15, 0.2) is 0 Å². The molecule has 5 heteroatoms. The van der Waals surface area contributed by atoms with E-state index in [0.29, 0.717) is 12.1 Å². The topological polar surface area (TPSA) is 40.5 Å². The quantitative estimate of drug-likeness (QED) is 0.910. The van der Waals surface area contributed by atoms with Crippen LogP contribution in [-0.2, 0) is 0 Å². The number of nitrogens with zero attached hydrogens (tertiary/aromatic N) is 1. The van der Waals surface area contributed by atoms with Crippen molar-refractivity contribution in [1.82, 2.24) is 4.90 Å². The van der Waals surface area contributed by atoms with Crippen LogP contribution in [0.2, 0.25) is 0 Å².